The Balaban J connectivity index is 2.72. The van der Waals surface area contributed by atoms with Gasteiger partial charge in [-0.1, -0.05) is 19.0 Å². The van der Waals surface area contributed by atoms with Gasteiger partial charge in [-0.05, 0) is 6.92 Å². The largest absolute Gasteiger partial charge is 0.338 e. The molecular weight excluding hydrogens is 230 g/mol. The predicted molar refractivity (Wildman–Crippen MR) is 59.5 cm³/mol. The second-order valence-corrected chi connectivity index (χ2v) is 6.42. The van der Waals surface area contributed by atoms with Crippen LogP contribution < -0.4 is 5.32 Å². The molecule has 0 radical (unpaired) electrons. The van der Waals surface area contributed by atoms with E-state index in [0.717, 1.165) is 6.26 Å². The Morgan fingerprint density at radius 1 is 1.38 bits per heavy atom. The summed E-state index contributed by atoms with van der Waals surface area (Å²) in [4.78, 5) is 4.03. The van der Waals surface area contributed by atoms with E-state index >= 15 is 0 Å². The Labute approximate surface area is 95.3 Å². The standard InChI is InChI=1S/C9H17N3O3S/c1-6(2)10-5-8-11-9(12-15-8)7(3)16(4,13)14/h6-7,10H,5H2,1-4H3. The molecular formula is C9H17N3O3S. The van der Waals surface area contributed by atoms with Gasteiger partial charge in [0.15, 0.2) is 15.7 Å². The lowest BCUT2D eigenvalue weighted by molar-refractivity contribution is 0.357. The molecule has 1 rings (SSSR count). The van der Waals surface area contributed by atoms with E-state index in [1.54, 1.807) is 6.92 Å². The van der Waals surface area contributed by atoms with Crippen LogP contribution in [0.4, 0.5) is 0 Å². The van der Waals surface area contributed by atoms with Crippen molar-refractivity contribution in [3.63, 3.8) is 0 Å². The Morgan fingerprint density at radius 3 is 2.50 bits per heavy atom. The van der Waals surface area contributed by atoms with Gasteiger partial charge in [0.1, 0.15) is 5.25 Å². The zero-order chi connectivity index (χ0) is 12.3. The van der Waals surface area contributed by atoms with E-state index in [4.69, 9.17) is 4.52 Å². The third kappa shape index (κ3) is 3.57. The van der Waals surface area contributed by atoms with E-state index in [1.807, 2.05) is 13.8 Å². The summed E-state index contributed by atoms with van der Waals surface area (Å²) in [6.45, 7) is 5.98. The molecule has 0 aliphatic rings. The molecule has 7 heteroatoms. The summed E-state index contributed by atoms with van der Waals surface area (Å²) in [6.07, 6.45) is 1.15. The second-order valence-electron chi connectivity index (χ2n) is 4.05. The van der Waals surface area contributed by atoms with E-state index in [2.05, 4.69) is 15.5 Å². The number of nitrogens with one attached hydrogen (secondary N) is 1. The number of sulfone groups is 1. The molecule has 0 fully saturated rings. The zero-order valence-electron chi connectivity index (χ0n) is 9.89. The molecule has 0 aromatic carbocycles. The fourth-order valence-electron chi connectivity index (χ4n) is 0.988. The van der Waals surface area contributed by atoms with Crippen molar-refractivity contribution in [1.29, 1.82) is 0 Å². The highest BCUT2D eigenvalue weighted by molar-refractivity contribution is 7.90. The van der Waals surface area contributed by atoms with E-state index in [-0.39, 0.29) is 5.82 Å². The van der Waals surface area contributed by atoms with E-state index in [9.17, 15) is 8.42 Å². The van der Waals surface area contributed by atoms with Gasteiger partial charge in [0.2, 0.25) is 5.89 Å². The van der Waals surface area contributed by atoms with Gasteiger partial charge in [0, 0.05) is 12.3 Å². The molecule has 0 bridgehead atoms. The summed E-state index contributed by atoms with van der Waals surface area (Å²) in [5, 5.41) is 6.03. The first kappa shape index (κ1) is 13.1. The number of nitrogens with zero attached hydrogens (tertiary/aromatic N) is 2. The second kappa shape index (κ2) is 4.92. The van der Waals surface area contributed by atoms with Crippen molar-refractivity contribution in [2.75, 3.05) is 6.26 Å². The molecule has 1 aromatic heterocycles. The van der Waals surface area contributed by atoms with E-state index in [1.165, 1.54) is 0 Å². The number of hydrogen-bond acceptors (Lipinski definition) is 6. The van der Waals surface area contributed by atoms with Crippen LogP contribution in [0.15, 0.2) is 4.52 Å². The third-order valence-corrected chi connectivity index (χ3v) is 3.65. The minimum absolute atomic E-state index is 0.211. The maximum absolute atomic E-state index is 11.3. The van der Waals surface area contributed by atoms with Crippen LogP contribution in [-0.2, 0) is 16.4 Å². The average molecular weight is 247 g/mol. The number of aromatic nitrogens is 2. The van der Waals surface area contributed by atoms with Gasteiger partial charge < -0.3 is 9.84 Å². The zero-order valence-corrected chi connectivity index (χ0v) is 10.7. The predicted octanol–water partition coefficient (Wildman–Crippen LogP) is 0.673. The van der Waals surface area contributed by atoms with Gasteiger partial charge in [0.25, 0.3) is 0 Å². The summed E-state index contributed by atoms with van der Waals surface area (Å²) in [7, 11) is -3.18. The highest BCUT2D eigenvalue weighted by Crippen LogP contribution is 2.17. The normalized spacial score (nSPS) is 14.3. The SMILES string of the molecule is CC(C)NCc1nc(C(C)S(C)(=O)=O)no1. The van der Waals surface area contributed by atoms with E-state index in [0.29, 0.717) is 18.5 Å². The smallest absolute Gasteiger partial charge is 0.240 e. The first-order chi connectivity index (χ1) is 7.30. The van der Waals surface area contributed by atoms with Crippen LogP contribution in [0, 0.1) is 0 Å². The molecule has 0 aliphatic carbocycles. The van der Waals surface area contributed by atoms with Crippen LogP contribution in [0.1, 0.15) is 37.7 Å². The van der Waals surface area contributed by atoms with Crippen LogP contribution in [0.25, 0.3) is 0 Å². The number of rotatable bonds is 5. The van der Waals surface area contributed by atoms with Gasteiger partial charge in [-0.25, -0.2) is 8.42 Å². The van der Waals surface area contributed by atoms with Crippen molar-refractivity contribution in [2.24, 2.45) is 0 Å². The fraction of sp³-hybridized carbons (Fsp3) is 0.778. The third-order valence-electron chi connectivity index (χ3n) is 2.15. The molecule has 0 spiro atoms. The van der Waals surface area contributed by atoms with Crippen LogP contribution in [-0.4, -0.2) is 30.9 Å². The van der Waals surface area contributed by atoms with Crippen molar-refractivity contribution in [2.45, 2.75) is 38.6 Å². The lowest BCUT2D eigenvalue weighted by Gasteiger charge is -2.03. The minimum Gasteiger partial charge on any atom is -0.338 e. The highest BCUT2D eigenvalue weighted by atomic mass is 32.2. The number of hydrogen-bond donors (Lipinski definition) is 1. The molecule has 0 aliphatic heterocycles. The molecule has 1 atom stereocenters. The first-order valence-electron chi connectivity index (χ1n) is 5.05. The Bertz CT molecular complexity index is 439. The summed E-state index contributed by atoms with van der Waals surface area (Å²) >= 11 is 0. The average Bonchev–Trinajstić information content (AvgIpc) is 2.60. The monoisotopic (exact) mass is 247 g/mol. The van der Waals surface area contributed by atoms with Gasteiger partial charge >= 0.3 is 0 Å². The van der Waals surface area contributed by atoms with Gasteiger partial charge in [0.05, 0.1) is 6.54 Å². The van der Waals surface area contributed by atoms with Crippen LogP contribution in [0.2, 0.25) is 0 Å². The first-order valence-corrected chi connectivity index (χ1v) is 7.01. The Kier molecular flexibility index (Phi) is 4.03. The van der Waals surface area contributed by atoms with E-state index < -0.39 is 15.1 Å². The lowest BCUT2D eigenvalue weighted by atomic mass is 10.4. The summed E-state index contributed by atoms with van der Waals surface area (Å²) in [5.74, 6) is 0.613. The van der Waals surface area contributed by atoms with Crippen molar-refractivity contribution in [3.8, 4) is 0 Å². The molecule has 0 amide bonds. The minimum atomic E-state index is -3.18. The molecule has 6 nitrogen and oxygen atoms in total. The van der Waals surface area contributed by atoms with Gasteiger partial charge in [-0.3, -0.25) is 0 Å². The van der Waals surface area contributed by atoms with Crippen LogP contribution in [0.3, 0.4) is 0 Å². The van der Waals surface area contributed by atoms with Crippen molar-refractivity contribution in [1.82, 2.24) is 15.5 Å². The summed E-state index contributed by atoms with van der Waals surface area (Å²) in [6, 6.07) is 0.308. The Morgan fingerprint density at radius 2 is 2.00 bits per heavy atom. The lowest BCUT2D eigenvalue weighted by Crippen LogP contribution is -2.22. The summed E-state index contributed by atoms with van der Waals surface area (Å²) in [5.41, 5.74) is 0. The van der Waals surface area contributed by atoms with Crippen molar-refractivity contribution in [3.05, 3.63) is 11.7 Å². The molecule has 92 valence electrons. The Hall–Kier alpha value is -0.950. The topological polar surface area (TPSA) is 85.1 Å². The maximum atomic E-state index is 11.3. The molecule has 1 N–H and O–H groups in total. The van der Waals surface area contributed by atoms with Gasteiger partial charge in [-0.2, -0.15) is 4.98 Å². The highest BCUT2D eigenvalue weighted by Gasteiger charge is 2.22. The van der Waals surface area contributed by atoms with Crippen LogP contribution in [0.5, 0.6) is 0 Å². The molecule has 1 unspecified atom stereocenters. The fourth-order valence-corrected chi connectivity index (χ4v) is 1.47. The maximum Gasteiger partial charge on any atom is 0.240 e. The molecule has 1 heterocycles. The van der Waals surface area contributed by atoms with Crippen molar-refractivity contribution >= 4 is 9.84 Å². The van der Waals surface area contributed by atoms with Crippen molar-refractivity contribution < 1.29 is 12.9 Å². The molecule has 0 saturated carbocycles. The molecule has 0 saturated heterocycles. The van der Waals surface area contributed by atoms with Crippen LogP contribution >= 0.6 is 0 Å². The molecule has 16 heavy (non-hydrogen) atoms. The quantitative estimate of drug-likeness (QED) is 0.823. The summed E-state index contributed by atoms with van der Waals surface area (Å²) < 4.78 is 27.5. The van der Waals surface area contributed by atoms with Gasteiger partial charge in [-0.15, -0.1) is 0 Å². The molecule has 1 aromatic rings.